The van der Waals surface area contributed by atoms with Crippen molar-refractivity contribution in [2.45, 2.75) is 19.4 Å². The highest BCUT2D eigenvalue weighted by atomic mass is 19.2. The molecular formula is C10H12F3N. The SMILES string of the molecule is CCC(NC)c1cc(F)cc(F)c1F. The van der Waals surface area contributed by atoms with Crippen LogP contribution >= 0.6 is 0 Å². The van der Waals surface area contributed by atoms with Crippen molar-refractivity contribution in [3.63, 3.8) is 0 Å². The van der Waals surface area contributed by atoms with Crippen LogP contribution < -0.4 is 5.32 Å². The first-order chi connectivity index (χ1) is 6.60. The smallest absolute Gasteiger partial charge is 0.163 e. The van der Waals surface area contributed by atoms with Gasteiger partial charge in [-0.15, -0.1) is 0 Å². The Morgan fingerprint density at radius 2 is 1.93 bits per heavy atom. The molecule has 0 aliphatic carbocycles. The van der Waals surface area contributed by atoms with Crippen LogP contribution in [-0.2, 0) is 0 Å². The lowest BCUT2D eigenvalue weighted by Gasteiger charge is -2.15. The molecular weight excluding hydrogens is 191 g/mol. The quantitative estimate of drug-likeness (QED) is 0.745. The van der Waals surface area contributed by atoms with E-state index in [1.165, 1.54) is 0 Å². The number of rotatable bonds is 3. The van der Waals surface area contributed by atoms with Crippen LogP contribution in [0.4, 0.5) is 13.2 Å². The van der Waals surface area contributed by atoms with Crippen molar-refractivity contribution < 1.29 is 13.2 Å². The van der Waals surface area contributed by atoms with Crippen molar-refractivity contribution in [3.8, 4) is 0 Å². The molecule has 14 heavy (non-hydrogen) atoms. The summed E-state index contributed by atoms with van der Waals surface area (Å²) in [4.78, 5) is 0. The van der Waals surface area contributed by atoms with Crippen LogP contribution in [0.3, 0.4) is 0 Å². The zero-order chi connectivity index (χ0) is 10.7. The van der Waals surface area contributed by atoms with Gasteiger partial charge in [0, 0.05) is 17.7 Å². The molecule has 0 fully saturated rings. The second kappa shape index (κ2) is 4.46. The second-order valence-corrected chi connectivity index (χ2v) is 3.04. The molecule has 0 aliphatic rings. The van der Waals surface area contributed by atoms with Gasteiger partial charge in [-0.05, 0) is 19.5 Å². The highest BCUT2D eigenvalue weighted by molar-refractivity contribution is 5.23. The van der Waals surface area contributed by atoms with Gasteiger partial charge in [0.1, 0.15) is 5.82 Å². The molecule has 0 saturated heterocycles. The molecule has 0 saturated carbocycles. The Morgan fingerprint density at radius 3 is 2.43 bits per heavy atom. The third-order valence-electron chi connectivity index (χ3n) is 2.15. The zero-order valence-electron chi connectivity index (χ0n) is 8.07. The predicted octanol–water partition coefficient (Wildman–Crippen LogP) is 2.77. The average Bonchev–Trinajstić information content (AvgIpc) is 2.15. The van der Waals surface area contributed by atoms with Crippen LogP contribution in [0.15, 0.2) is 12.1 Å². The van der Waals surface area contributed by atoms with Crippen LogP contribution in [0.25, 0.3) is 0 Å². The molecule has 4 heteroatoms. The Labute approximate surface area is 80.9 Å². The monoisotopic (exact) mass is 203 g/mol. The van der Waals surface area contributed by atoms with Crippen LogP contribution in [-0.4, -0.2) is 7.05 Å². The van der Waals surface area contributed by atoms with E-state index in [1.807, 2.05) is 6.92 Å². The van der Waals surface area contributed by atoms with E-state index in [0.717, 1.165) is 6.07 Å². The van der Waals surface area contributed by atoms with Gasteiger partial charge in [0.15, 0.2) is 11.6 Å². The van der Waals surface area contributed by atoms with Gasteiger partial charge in [-0.25, -0.2) is 13.2 Å². The molecule has 0 amide bonds. The Balaban J connectivity index is 3.18. The second-order valence-electron chi connectivity index (χ2n) is 3.04. The maximum Gasteiger partial charge on any atom is 0.163 e. The summed E-state index contributed by atoms with van der Waals surface area (Å²) in [6, 6.07) is 1.20. The van der Waals surface area contributed by atoms with Crippen LogP contribution in [0, 0.1) is 17.5 Å². The van der Waals surface area contributed by atoms with E-state index in [4.69, 9.17) is 0 Å². The molecule has 0 aliphatic heterocycles. The normalized spacial score (nSPS) is 12.9. The minimum atomic E-state index is -1.14. The van der Waals surface area contributed by atoms with E-state index in [9.17, 15) is 13.2 Å². The fourth-order valence-corrected chi connectivity index (χ4v) is 1.41. The van der Waals surface area contributed by atoms with E-state index in [1.54, 1.807) is 7.05 Å². The van der Waals surface area contributed by atoms with Gasteiger partial charge in [-0.2, -0.15) is 0 Å². The largest absolute Gasteiger partial charge is 0.313 e. The molecule has 0 radical (unpaired) electrons. The molecule has 78 valence electrons. The highest BCUT2D eigenvalue weighted by Crippen LogP contribution is 2.22. The number of hydrogen-bond acceptors (Lipinski definition) is 1. The van der Waals surface area contributed by atoms with E-state index >= 15 is 0 Å². The van der Waals surface area contributed by atoms with Gasteiger partial charge in [0.05, 0.1) is 0 Å². The fraction of sp³-hybridized carbons (Fsp3) is 0.400. The molecule has 1 aromatic rings. The Hall–Kier alpha value is -1.03. The molecule has 0 bridgehead atoms. The summed E-state index contributed by atoms with van der Waals surface area (Å²) in [5.41, 5.74) is 0.0347. The summed E-state index contributed by atoms with van der Waals surface area (Å²) in [5.74, 6) is -2.88. The van der Waals surface area contributed by atoms with Gasteiger partial charge < -0.3 is 5.32 Å². The highest BCUT2D eigenvalue weighted by Gasteiger charge is 2.16. The lowest BCUT2D eigenvalue weighted by molar-refractivity contribution is 0.458. The Bertz CT molecular complexity index is 321. The van der Waals surface area contributed by atoms with Gasteiger partial charge in [-0.3, -0.25) is 0 Å². The fourth-order valence-electron chi connectivity index (χ4n) is 1.41. The van der Waals surface area contributed by atoms with Crippen molar-refractivity contribution in [1.29, 1.82) is 0 Å². The van der Waals surface area contributed by atoms with Gasteiger partial charge >= 0.3 is 0 Å². The molecule has 1 aromatic carbocycles. The summed E-state index contributed by atoms with van der Waals surface area (Å²) in [5, 5.41) is 2.79. The van der Waals surface area contributed by atoms with Crippen molar-refractivity contribution in [3.05, 3.63) is 35.1 Å². The molecule has 0 aromatic heterocycles. The van der Waals surface area contributed by atoms with E-state index in [2.05, 4.69) is 5.32 Å². The van der Waals surface area contributed by atoms with Crippen LogP contribution in [0.5, 0.6) is 0 Å². The third-order valence-corrected chi connectivity index (χ3v) is 2.15. The molecule has 1 atom stereocenters. The van der Waals surface area contributed by atoms with E-state index in [0.29, 0.717) is 12.5 Å². The molecule has 1 N–H and O–H groups in total. The van der Waals surface area contributed by atoms with Crippen molar-refractivity contribution >= 4 is 0 Å². The third kappa shape index (κ3) is 2.07. The number of hydrogen-bond donors (Lipinski definition) is 1. The number of nitrogens with one attached hydrogen (secondary N) is 1. The summed E-state index contributed by atoms with van der Waals surface area (Å²) in [7, 11) is 1.62. The van der Waals surface area contributed by atoms with Crippen LogP contribution in [0.2, 0.25) is 0 Å². The summed E-state index contributed by atoms with van der Waals surface area (Å²) in [6.07, 6.45) is 0.566. The minimum absolute atomic E-state index is 0.0347. The molecule has 0 heterocycles. The van der Waals surface area contributed by atoms with Gasteiger partial charge in [-0.1, -0.05) is 6.92 Å². The first-order valence-corrected chi connectivity index (χ1v) is 4.41. The van der Waals surface area contributed by atoms with Crippen molar-refractivity contribution in [1.82, 2.24) is 5.32 Å². The van der Waals surface area contributed by atoms with Gasteiger partial charge in [0.2, 0.25) is 0 Å². The summed E-state index contributed by atoms with van der Waals surface area (Å²) >= 11 is 0. The number of benzene rings is 1. The predicted molar refractivity (Wildman–Crippen MR) is 48.4 cm³/mol. The van der Waals surface area contributed by atoms with Crippen molar-refractivity contribution in [2.24, 2.45) is 0 Å². The standard InChI is InChI=1S/C10H12F3N/c1-3-9(14-2)7-4-6(11)5-8(12)10(7)13/h4-5,9,14H,3H2,1-2H3. The molecule has 1 rings (SSSR count). The average molecular weight is 203 g/mol. The summed E-state index contributed by atoms with van der Waals surface area (Å²) in [6.45, 7) is 1.81. The lowest BCUT2D eigenvalue weighted by atomic mass is 10.0. The topological polar surface area (TPSA) is 12.0 Å². The molecule has 1 nitrogen and oxygen atoms in total. The van der Waals surface area contributed by atoms with E-state index in [-0.39, 0.29) is 11.6 Å². The van der Waals surface area contributed by atoms with E-state index < -0.39 is 17.5 Å². The maximum atomic E-state index is 13.2. The number of halogens is 3. The lowest BCUT2D eigenvalue weighted by Crippen LogP contribution is -2.17. The Morgan fingerprint density at radius 1 is 1.29 bits per heavy atom. The molecule has 1 unspecified atom stereocenters. The summed E-state index contributed by atoms with van der Waals surface area (Å²) < 4.78 is 38.9. The van der Waals surface area contributed by atoms with Crippen LogP contribution in [0.1, 0.15) is 24.9 Å². The van der Waals surface area contributed by atoms with Gasteiger partial charge in [0.25, 0.3) is 0 Å². The molecule has 0 spiro atoms. The first kappa shape index (κ1) is 11.0. The maximum absolute atomic E-state index is 13.2. The Kier molecular flexibility index (Phi) is 3.52. The first-order valence-electron chi connectivity index (χ1n) is 4.41. The minimum Gasteiger partial charge on any atom is -0.313 e. The zero-order valence-corrected chi connectivity index (χ0v) is 8.07. The van der Waals surface area contributed by atoms with Crippen molar-refractivity contribution in [2.75, 3.05) is 7.05 Å².